The van der Waals surface area contributed by atoms with E-state index in [-0.39, 0.29) is 12.0 Å². The topological polar surface area (TPSA) is 67.6 Å². The molecule has 1 atom stereocenters. The van der Waals surface area contributed by atoms with Crippen molar-refractivity contribution < 1.29 is 13.9 Å². The van der Waals surface area contributed by atoms with Gasteiger partial charge in [-0.05, 0) is 51.0 Å². The molecular weight excluding hydrogens is 318 g/mol. The van der Waals surface area contributed by atoms with E-state index in [1.807, 2.05) is 38.1 Å². The standard InChI is InChI=1S/C19H25N3O3/c1-14(2)21-18-8-7-15(11-20-18)19(23)22(12-16-5-3-9-24-16)13-17-6-4-10-25-17/h3,5,7-9,11,14,17H,4,6,10,12-13H2,1-2H3,(H,20,21)/t17-/m0/s1. The van der Waals surface area contributed by atoms with Crippen molar-refractivity contribution in [1.29, 1.82) is 0 Å². The summed E-state index contributed by atoms with van der Waals surface area (Å²) in [7, 11) is 0. The molecular formula is C19H25N3O3. The van der Waals surface area contributed by atoms with Crippen molar-refractivity contribution in [2.75, 3.05) is 18.5 Å². The molecule has 6 nitrogen and oxygen atoms in total. The van der Waals surface area contributed by atoms with Gasteiger partial charge in [-0.2, -0.15) is 0 Å². The Kier molecular flexibility index (Phi) is 5.71. The number of carbonyl (C=O) groups is 1. The highest BCUT2D eigenvalue weighted by atomic mass is 16.5. The molecule has 0 radical (unpaired) electrons. The SMILES string of the molecule is CC(C)Nc1ccc(C(=O)N(Cc2ccco2)C[C@@H]2CCCO2)cn1. The average Bonchev–Trinajstić information content (AvgIpc) is 3.28. The number of hydrogen-bond donors (Lipinski definition) is 1. The molecule has 0 unspecified atom stereocenters. The summed E-state index contributed by atoms with van der Waals surface area (Å²) in [5.74, 6) is 1.47. The average molecular weight is 343 g/mol. The van der Waals surface area contributed by atoms with Crippen LogP contribution < -0.4 is 5.32 Å². The lowest BCUT2D eigenvalue weighted by atomic mass is 10.2. The summed E-state index contributed by atoms with van der Waals surface area (Å²) in [6.45, 7) is 5.86. The fourth-order valence-corrected chi connectivity index (χ4v) is 2.93. The molecule has 1 aliphatic heterocycles. The molecule has 1 saturated heterocycles. The fraction of sp³-hybridized carbons (Fsp3) is 0.474. The van der Waals surface area contributed by atoms with Crippen molar-refractivity contribution in [1.82, 2.24) is 9.88 Å². The van der Waals surface area contributed by atoms with Crippen LogP contribution in [0.5, 0.6) is 0 Å². The molecule has 0 bridgehead atoms. The van der Waals surface area contributed by atoms with Gasteiger partial charge in [0.2, 0.25) is 0 Å². The van der Waals surface area contributed by atoms with Crippen LogP contribution >= 0.6 is 0 Å². The Morgan fingerprint density at radius 3 is 2.88 bits per heavy atom. The molecule has 1 amide bonds. The Hall–Kier alpha value is -2.34. The van der Waals surface area contributed by atoms with Crippen LogP contribution in [0, 0.1) is 0 Å². The van der Waals surface area contributed by atoms with Gasteiger partial charge in [-0.15, -0.1) is 0 Å². The summed E-state index contributed by atoms with van der Waals surface area (Å²) < 4.78 is 11.1. The predicted octanol–water partition coefficient (Wildman–Crippen LogP) is 3.32. The molecule has 1 N–H and O–H groups in total. The van der Waals surface area contributed by atoms with Crippen LogP contribution in [-0.4, -0.2) is 41.1 Å². The number of furan rings is 1. The van der Waals surface area contributed by atoms with Gasteiger partial charge in [0.25, 0.3) is 5.91 Å². The monoisotopic (exact) mass is 343 g/mol. The zero-order valence-electron chi connectivity index (χ0n) is 14.8. The largest absolute Gasteiger partial charge is 0.467 e. The number of nitrogens with one attached hydrogen (secondary N) is 1. The summed E-state index contributed by atoms with van der Waals surface area (Å²) in [4.78, 5) is 19.1. The van der Waals surface area contributed by atoms with Crippen LogP contribution in [0.1, 0.15) is 42.8 Å². The molecule has 2 aromatic rings. The highest BCUT2D eigenvalue weighted by molar-refractivity contribution is 5.94. The van der Waals surface area contributed by atoms with Crippen LogP contribution in [-0.2, 0) is 11.3 Å². The summed E-state index contributed by atoms with van der Waals surface area (Å²) >= 11 is 0. The van der Waals surface area contributed by atoms with Gasteiger partial charge >= 0.3 is 0 Å². The Labute approximate surface area is 148 Å². The summed E-state index contributed by atoms with van der Waals surface area (Å²) in [5, 5.41) is 3.22. The molecule has 134 valence electrons. The van der Waals surface area contributed by atoms with Crippen LogP contribution in [0.25, 0.3) is 0 Å². The third-order valence-electron chi connectivity index (χ3n) is 4.11. The minimum Gasteiger partial charge on any atom is -0.467 e. The Morgan fingerprint density at radius 1 is 1.40 bits per heavy atom. The smallest absolute Gasteiger partial charge is 0.255 e. The second kappa shape index (κ2) is 8.16. The van der Waals surface area contributed by atoms with Crippen molar-refractivity contribution >= 4 is 11.7 Å². The van der Waals surface area contributed by atoms with Gasteiger partial charge in [-0.3, -0.25) is 4.79 Å². The van der Waals surface area contributed by atoms with E-state index in [0.29, 0.717) is 24.7 Å². The van der Waals surface area contributed by atoms with Crippen molar-refractivity contribution in [3.8, 4) is 0 Å². The number of rotatable bonds is 7. The van der Waals surface area contributed by atoms with Gasteiger partial charge < -0.3 is 19.4 Å². The van der Waals surface area contributed by atoms with Crippen molar-refractivity contribution in [3.63, 3.8) is 0 Å². The lowest BCUT2D eigenvalue weighted by Crippen LogP contribution is -2.37. The van der Waals surface area contributed by atoms with Crippen LogP contribution in [0.15, 0.2) is 41.1 Å². The van der Waals surface area contributed by atoms with Gasteiger partial charge in [-0.1, -0.05) is 0 Å². The number of hydrogen-bond acceptors (Lipinski definition) is 5. The normalized spacial score (nSPS) is 17.0. The van der Waals surface area contributed by atoms with Gasteiger partial charge in [0.05, 0.1) is 24.5 Å². The number of anilines is 1. The van der Waals surface area contributed by atoms with Gasteiger partial charge in [-0.25, -0.2) is 4.98 Å². The number of carbonyl (C=O) groups excluding carboxylic acids is 1. The minimum absolute atomic E-state index is 0.0597. The van der Waals surface area contributed by atoms with E-state index in [2.05, 4.69) is 10.3 Å². The van der Waals surface area contributed by atoms with Gasteiger partial charge in [0.1, 0.15) is 11.6 Å². The van der Waals surface area contributed by atoms with E-state index >= 15 is 0 Å². The quantitative estimate of drug-likeness (QED) is 0.835. The number of nitrogens with zero attached hydrogens (tertiary/aromatic N) is 2. The van der Waals surface area contributed by atoms with Crippen molar-refractivity contribution in [2.24, 2.45) is 0 Å². The van der Waals surface area contributed by atoms with E-state index in [9.17, 15) is 4.79 Å². The van der Waals surface area contributed by atoms with Crippen molar-refractivity contribution in [3.05, 3.63) is 48.0 Å². The van der Waals surface area contributed by atoms with Crippen molar-refractivity contribution in [2.45, 2.75) is 45.4 Å². The third-order valence-corrected chi connectivity index (χ3v) is 4.11. The predicted molar refractivity (Wildman–Crippen MR) is 95.4 cm³/mol. The number of pyridine rings is 1. The lowest BCUT2D eigenvalue weighted by Gasteiger charge is -2.24. The van der Waals surface area contributed by atoms with E-state index < -0.39 is 0 Å². The first-order chi connectivity index (χ1) is 12.1. The third kappa shape index (κ3) is 4.82. The maximum Gasteiger partial charge on any atom is 0.255 e. The molecule has 3 heterocycles. The Bertz CT molecular complexity index is 662. The molecule has 1 fully saturated rings. The molecule has 3 rings (SSSR count). The van der Waals surface area contributed by atoms with E-state index in [0.717, 1.165) is 31.0 Å². The Balaban J connectivity index is 1.72. The summed E-state index contributed by atoms with van der Waals surface area (Å²) in [5.41, 5.74) is 0.568. The molecule has 6 heteroatoms. The zero-order chi connectivity index (χ0) is 17.6. The first-order valence-corrected chi connectivity index (χ1v) is 8.77. The zero-order valence-corrected chi connectivity index (χ0v) is 14.8. The lowest BCUT2D eigenvalue weighted by molar-refractivity contribution is 0.0491. The van der Waals surface area contributed by atoms with E-state index in [1.54, 1.807) is 17.4 Å². The van der Waals surface area contributed by atoms with Crippen LogP contribution in [0.2, 0.25) is 0 Å². The van der Waals surface area contributed by atoms with Crippen LogP contribution in [0.4, 0.5) is 5.82 Å². The summed E-state index contributed by atoms with van der Waals surface area (Å²) in [6.07, 6.45) is 5.37. The highest BCUT2D eigenvalue weighted by Crippen LogP contribution is 2.18. The van der Waals surface area contributed by atoms with Gasteiger partial charge in [0, 0.05) is 25.4 Å². The molecule has 25 heavy (non-hydrogen) atoms. The van der Waals surface area contributed by atoms with E-state index in [1.165, 1.54) is 0 Å². The molecule has 0 saturated carbocycles. The molecule has 0 aliphatic carbocycles. The number of amides is 1. The molecule has 2 aromatic heterocycles. The second-order valence-corrected chi connectivity index (χ2v) is 6.63. The number of ether oxygens (including phenoxy) is 1. The van der Waals surface area contributed by atoms with Crippen LogP contribution in [0.3, 0.4) is 0 Å². The maximum absolute atomic E-state index is 13.0. The summed E-state index contributed by atoms with van der Waals surface area (Å²) in [6, 6.07) is 7.65. The molecule has 0 aromatic carbocycles. The molecule has 1 aliphatic rings. The minimum atomic E-state index is -0.0597. The highest BCUT2D eigenvalue weighted by Gasteiger charge is 2.24. The Morgan fingerprint density at radius 2 is 2.28 bits per heavy atom. The molecule has 0 spiro atoms. The fourth-order valence-electron chi connectivity index (χ4n) is 2.93. The van der Waals surface area contributed by atoms with E-state index in [4.69, 9.17) is 9.15 Å². The van der Waals surface area contributed by atoms with Gasteiger partial charge in [0.15, 0.2) is 0 Å². The first-order valence-electron chi connectivity index (χ1n) is 8.77. The maximum atomic E-state index is 13.0. The first kappa shape index (κ1) is 17.5. The number of aromatic nitrogens is 1. The second-order valence-electron chi connectivity index (χ2n) is 6.63.